The molecule has 0 aromatic carbocycles. The minimum Gasteiger partial charge on any atom is -0.396 e. The number of aliphatic hydroxyl groups excluding tert-OH is 1. The summed E-state index contributed by atoms with van der Waals surface area (Å²) in [5.74, 6) is 0.621. The van der Waals surface area contributed by atoms with E-state index in [-0.39, 0.29) is 6.61 Å². The molecule has 0 amide bonds. The van der Waals surface area contributed by atoms with Crippen LogP contribution < -0.4 is 0 Å². The van der Waals surface area contributed by atoms with Gasteiger partial charge in [0.05, 0.1) is 0 Å². The second-order valence-corrected chi connectivity index (χ2v) is 3.73. The van der Waals surface area contributed by atoms with E-state index in [9.17, 15) is 0 Å². The van der Waals surface area contributed by atoms with Crippen molar-refractivity contribution in [2.45, 2.75) is 19.3 Å². The van der Waals surface area contributed by atoms with E-state index >= 15 is 0 Å². The van der Waals surface area contributed by atoms with Gasteiger partial charge in [-0.05, 0) is 38.8 Å². The van der Waals surface area contributed by atoms with Crippen molar-refractivity contribution in [2.24, 2.45) is 5.92 Å². The second-order valence-electron chi connectivity index (χ2n) is 3.73. The molecular formula is C10H19NO. The first-order chi connectivity index (χ1) is 5.74. The van der Waals surface area contributed by atoms with Crippen LogP contribution in [-0.4, -0.2) is 36.8 Å². The third kappa shape index (κ3) is 2.61. The van der Waals surface area contributed by atoms with E-state index in [4.69, 9.17) is 5.11 Å². The number of rotatable bonds is 3. The summed E-state index contributed by atoms with van der Waals surface area (Å²) in [6.45, 7) is 6.60. The SMILES string of the molecule is C=C(CCO)C1CCCN(C)C1. The lowest BCUT2D eigenvalue weighted by atomic mass is 9.90. The Bertz CT molecular complexity index is 156. The van der Waals surface area contributed by atoms with Crippen LogP contribution in [0.25, 0.3) is 0 Å². The maximum Gasteiger partial charge on any atom is 0.0468 e. The van der Waals surface area contributed by atoms with Gasteiger partial charge in [0.25, 0.3) is 0 Å². The van der Waals surface area contributed by atoms with Crippen molar-refractivity contribution in [3.05, 3.63) is 12.2 Å². The summed E-state index contributed by atoms with van der Waals surface area (Å²) >= 11 is 0. The quantitative estimate of drug-likeness (QED) is 0.643. The molecule has 0 radical (unpaired) electrons. The highest BCUT2D eigenvalue weighted by Gasteiger charge is 2.18. The topological polar surface area (TPSA) is 23.5 Å². The Morgan fingerprint density at radius 1 is 1.67 bits per heavy atom. The fraction of sp³-hybridized carbons (Fsp3) is 0.800. The molecule has 0 aromatic heterocycles. The standard InChI is InChI=1S/C10H19NO/c1-9(5-7-12)10-4-3-6-11(2)8-10/h10,12H,1,3-8H2,2H3. The zero-order valence-electron chi connectivity index (χ0n) is 7.92. The second kappa shape index (κ2) is 4.63. The van der Waals surface area contributed by atoms with Crippen LogP contribution in [0.2, 0.25) is 0 Å². The predicted octanol–water partition coefficient (Wildman–Crippen LogP) is 1.27. The minimum atomic E-state index is 0.249. The van der Waals surface area contributed by atoms with E-state index in [0.29, 0.717) is 5.92 Å². The van der Waals surface area contributed by atoms with Gasteiger partial charge in [0.15, 0.2) is 0 Å². The minimum absolute atomic E-state index is 0.249. The first kappa shape index (κ1) is 9.75. The van der Waals surface area contributed by atoms with Crippen LogP contribution in [-0.2, 0) is 0 Å². The molecule has 0 saturated carbocycles. The van der Waals surface area contributed by atoms with Crippen LogP contribution >= 0.6 is 0 Å². The molecule has 1 unspecified atom stereocenters. The highest BCUT2D eigenvalue weighted by atomic mass is 16.2. The van der Waals surface area contributed by atoms with Gasteiger partial charge in [0, 0.05) is 13.2 Å². The first-order valence-electron chi connectivity index (χ1n) is 4.71. The summed E-state index contributed by atoms with van der Waals surface area (Å²) in [6.07, 6.45) is 3.30. The zero-order valence-corrected chi connectivity index (χ0v) is 7.92. The Morgan fingerprint density at radius 2 is 2.42 bits per heavy atom. The highest BCUT2D eigenvalue weighted by molar-refractivity contribution is 5.02. The largest absolute Gasteiger partial charge is 0.396 e. The third-order valence-electron chi connectivity index (χ3n) is 2.63. The number of piperidine rings is 1. The van der Waals surface area contributed by atoms with Gasteiger partial charge < -0.3 is 10.0 Å². The van der Waals surface area contributed by atoms with Crippen molar-refractivity contribution >= 4 is 0 Å². The lowest BCUT2D eigenvalue weighted by Gasteiger charge is -2.30. The van der Waals surface area contributed by atoms with E-state index in [1.54, 1.807) is 0 Å². The van der Waals surface area contributed by atoms with Gasteiger partial charge in [-0.3, -0.25) is 0 Å². The van der Waals surface area contributed by atoms with Crippen LogP contribution in [0.15, 0.2) is 12.2 Å². The fourth-order valence-corrected chi connectivity index (χ4v) is 1.85. The Kier molecular flexibility index (Phi) is 3.76. The molecule has 12 heavy (non-hydrogen) atoms. The number of likely N-dealkylation sites (tertiary alicyclic amines) is 1. The van der Waals surface area contributed by atoms with Crippen LogP contribution in [0.5, 0.6) is 0 Å². The van der Waals surface area contributed by atoms with Gasteiger partial charge in [-0.2, -0.15) is 0 Å². The lowest BCUT2D eigenvalue weighted by molar-refractivity contribution is 0.221. The Hall–Kier alpha value is -0.340. The number of nitrogens with zero attached hydrogens (tertiary/aromatic N) is 1. The molecule has 1 atom stereocenters. The summed E-state index contributed by atoms with van der Waals surface area (Å²) in [5, 5.41) is 8.76. The van der Waals surface area contributed by atoms with Crippen molar-refractivity contribution in [3.63, 3.8) is 0 Å². The van der Waals surface area contributed by atoms with Gasteiger partial charge >= 0.3 is 0 Å². The monoisotopic (exact) mass is 169 g/mol. The third-order valence-corrected chi connectivity index (χ3v) is 2.63. The molecule has 1 rings (SSSR count). The van der Waals surface area contributed by atoms with Gasteiger partial charge in [0.2, 0.25) is 0 Å². The van der Waals surface area contributed by atoms with Gasteiger partial charge in [-0.1, -0.05) is 12.2 Å². The normalized spacial score (nSPS) is 25.7. The maximum atomic E-state index is 8.76. The molecule has 1 saturated heterocycles. The molecule has 1 N–H and O–H groups in total. The van der Waals surface area contributed by atoms with Gasteiger partial charge in [-0.15, -0.1) is 0 Å². The zero-order chi connectivity index (χ0) is 8.97. The molecule has 1 aliphatic rings. The molecule has 70 valence electrons. The molecular weight excluding hydrogens is 150 g/mol. The van der Waals surface area contributed by atoms with E-state index in [0.717, 1.165) is 13.0 Å². The van der Waals surface area contributed by atoms with Crippen LogP contribution in [0.3, 0.4) is 0 Å². The molecule has 1 fully saturated rings. The Balaban J connectivity index is 2.35. The highest BCUT2D eigenvalue weighted by Crippen LogP contribution is 2.23. The van der Waals surface area contributed by atoms with E-state index < -0.39 is 0 Å². The summed E-state index contributed by atoms with van der Waals surface area (Å²) in [7, 11) is 2.15. The molecule has 0 aliphatic carbocycles. The molecule has 0 spiro atoms. The van der Waals surface area contributed by atoms with Crippen molar-refractivity contribution in [1.82, 2.24) is 4.90 Å². The lowest BCUT2D eigenvalue weighted by Crippen LogP contribution is -2.32. The number of aliphatic hydroxyl groups is 1. The molecule has 2 nitrogen and oxygen atoms in total. The molecule has 1 aliphatic heterocycles. The van der Waals surface area contributed by atoms with Crippen molar-refractivity contribution in [3.8, 4) is 0 Å². The predicted molar refractivity (Wildman–Crippen MR) is 51.1 cm³/mol. The maximum absolute atomic E-state index is 8.76. The Labute approximate surface area is 74.9 Å². The molecule has 0 aromatic rings. The smallest absolute Gasteiger partial charge is 0.0468 e. The molecule has 2 heteroatoms. The van der Waals surface area contributed by atoms with Gasteiger partial charge in [0.1, 0.15) is 0 Å². The summed E-state index contributed by atoms with van der Waals surface area (Å²) in [5.41, 5.74) is 1.23. The van der Waals surface area contributed by atoms with Crippen molar-refractivity contribution in [2.75, 3.05) is 26.7 Å². The average molecular weight is 169 g/mol. The van der Waals surface area contributed by atoms with Crippen molar-refractivity contribution < 1.29 is 5.11 Å². The van der Waals surface area contributed by atoms with Crippen LogP contribution in [0, 0.1) is 5.92 Å². The number of hydrogen-bond acceptors (Lipinski definition) is 2. The summed E-state index contributed by atoms with van der Waals surface area (Å²) in [6, 6.07) is 0. The number of hydrogen-bond donors (Lipinski definition) is 1. The van der Waals surface area contributed by atoms with E-state index in [1.165, 1.54) is 25.0 Å². The van der Waals surface area contributed by atoms with Gasteiger partial charge in [-0.25, -0.2) is 0 Å². The summed E-state index contributed by atoms with van der Waals surface area (Å²) in [4.78, 5) is 2.34. The van der Waals surface area contributed by atoms with Crippen molar-refractivity contribution in [1.29, 1.82) is 0 Å². The van der Waals surface area contributed by atoms with Crippen LogP contribution in [0.4, 0.5) is 0 Å². The summed E-state index contributed by atoms with van der Waals surface area (Å²) < 4.78 is 0. The van der Waals surface area contributed by atoms with E-state index in [2.05, 4.69) is 18.5 Å². The fourth-order valence-electron chi connectivity index (χ4n) is 1.85. The van der Waals surface area contributed by atoms with E-state index in [1.807, 2.05) is 0 Å². The molecule has 0 bridgehead atoms. The Morgan fingerprint density at radius 3 is 3.00 bits per heavy atom. The average Bonchev–Trinajstić information content (AvgIpc) is 2.05. The molecule has 1 heterocycles. The first-order valence-corrected chi connectivity index (χ1v) is 4.71. The van der Waals surface area contributed by atoms with Crippen LogP contribution in [0.1, 0.15) is 19.3 Å².